The van der Waals surface area contributed by atoms with Crippen LogP contribution in [0.15, 0.2) is 66.5 Å². The Kier molecular flexibility index (Phi) is 5.99. The van der Waals surface area contributed by atoms with Crippen molar-refractivity contribution in [3.63, 3.8) is 0 Å². The molecular weight excluding hydrogens is 420 g/mol. The van der Waals surface area contributed by atoms with E-state index in [2.05, 4.69) is 10.6 Å². The third-order valence-corrected chi connectivity index (χ3v) is 5.29. The summed E-state index contributed by atoms with van der Waals surface area (Å²) in [7, 11) is 1.61. The number of hydrogen-bond donors (Lipinski definition) is 2. The molecule has 0 unspecified atom stereocenters. The van der Waals surface area contributed by atoms with Crippen molar-refractivity contribution < 1.29 is 19.1 Å². The van der Waals surface area contributed by atoms with Crippen molar-refractivity contribution in [2.75, 3.05) is 19.0 Å². The maximum atomic E-state index is 12.8. The zero-order valence-electron chi connectivity index (χ0n) is 18.6. The van der Waals surface area contributed by atoms with E-state index in [0.717, 1.165) is 33.2 Å². The van der Waals surface area contributed by atoms with E-state index in [0.29, 0.717) is 5.69 Å². The minimum absolute atomic E-state index is 0.120. The number of hydrogen-bond acceptors (Lipinski definition) is 4. The molecule has 168 valence electrons. The van der Waals surface area contributed by atoms with Crippen molar-refractivity contribution in [1.82, 2.24) is 14.8 Å². The van der Waals surface area contributed by atoms with Gasteiger partial charge in [0, 0.05) is 23.3 Å². The Hall–Kier alpha value is -4.33. The second-order valence-corrected chi connectivity index (χ2v) is 7.78. The third kappa shape index (κ3) is 4.79. The molecule has 0 bridgehead atoms. The first-order valence-electron chi connectivity index (χ1n) is 10.4. The van der Waals surface area contributed by atoms with Gasteiger partial charge in [0.15, 0.2) is 0 Å². The number of anilines is 1. The number of imide groups is 1. The van der Waals surface area contributed by atoms with E-state index in [4.69, 9.17) is 4.74 Å². The smallest absolute Gasteiger partial charge is 0.329 e. The van der Waals surface area contributed by atoms with E-state index < -0.39 is 17.8 Å². The first-order valence-corrected chi connectivity index (χ1v) is 10.4. The highest BCUT2D eigenvalue weighted by molar-refractivity contribution is 6.15. The molecule has 0 aliphatic carbocycles. The van der Waals surface area contributed by atoms with Crippen LogP contribution >= 0.6 is 0 Å². The van der Waals surface area contributed by atoms with Crippen molar-refractivity contribution in [2.45, 2.75) is 13.8 Å². The van der Waals surface area contributed by atoms with Crippen LogP contribution < -0.4 is 15.4 Å². The normalized spacial score (nSPS) is 14.5. The molecule has 0 atom stereocenters. The number of ether oxygens (including phenoxy) is 1. The van der Waals surface area contributed by atoms with Gasteiger partial charge in [-0.1, -0.05) is 17.7 Å². The van der Waals surface area contributed by atoms with Crippen LogP contribution in [0.2, 0.25) is 0 Å². The fraction of sp³-hybridized carbons (Fsp3) is 0.160. The molecule has 0 saturated carbocycles. The summed E-state index contributed by atoms with van der Waals surface area (Å²) in [5.41, 5.74) is 4.43. The Balaban J connectivity index is 1.47. The van der Waals surface area contributed by atoms with Crippen molar-refractivity contribution in [3.05, 3.63) is 83.3 Å². The van der Waals surface area contributed by atoms with E-state index in [1.54, 1.807) is 25.3 Å². The third-order valence-electron chi connectivity index (χ3n) is 5.29. The van der Waals surface area contributed by atoms with Gasteiger partial charge in [-0.05, 0) is 68.0 Å². The molecule has 1 fully saturated rings. The van der Waals surface area contributed by atoms with Crippen LogP contribution in [-0.2, 0) is 9.59 Å². The summed E-state index contributed by atoms with van der Waals surface area (Å²) >= 11 is 0. The molecule has 2 N–H and O–H groups in total. The maximum absolute atomic E-state index is 12.8. The highest BCUT2D eigenvalue weighted by Gasteiger charge is 2.35. The summed E-state index contributed by atoms with van der Waals surface area (Å²) in [6.45, 7) is 3.52. The molecule has 4 rings (SSSR count). The second-order valence-electron chi connectivity index (χ2n) is 7.78. The quantitative estimate of drug-likeness (QED) is 0.449. The predicted octanol–water partition coefficient (Wildman–Crippen LogP) is 3.63. The van der Waals surface area contributed by atoms with Crippen LogP contribution in [0, 0.1) is 13.8 Å². The van der Waals surface area contributed by atoms with Gasteiger partial charge in [0.05, 0.1) is 7.11 Å². The molecule has 2 heterocycles. The molecule has 4 amide bonds. The Morgan fingerprint density at radius 1 is 1.06 bits per heavy atom. The van der Waals surface area contributed by atoms with Gasteiger partial charge in [0.2, 0.25) is 5.91 Å². The highest BCUT2D eigenvalue weighted by atomic mass is 16.5. The van der Waals surface area contributed by atoms with Gasteiger partial charge in [-0.3, -0.25) is 9.59 Å². The number of carbonyl (C=O) groups is 3. The molecule has 1 saturated heterocycles. The standard InChI is InChI=1S/C25H24N4O4/c1-16-4-6-19(7-5-16)26-23(30)15-29-24(31)22(27-25(29)32)13-18-12-17(2)28(14-18)20-8-10-21(33-3)11-9-20/h4-14H,15H2,1-3H3,(H,26,30)(H,27,32)/b22-13+. The number of benzene rings is 2. The molecule has 2 aromatic carbocycles. The Morgan fingerprint density at radius 2 is 1.76 bits per heavy atom. The lowest BCUT2D eigenvalue weighted by Crippen LogP contribution is -2.38. The summed E-state index contributed by atoms with van der Waals surface area (Å²) < 4.78 is 7.17. The fourth-order valence-corrected chi connectivity index (χ4v) is 3.56. The lowest BCUT2D eigenvalue weighted by atomic mass is 10.2. The van der Waals surface area contributed by atoms with Crippen molar-refractivity contribution in [3.8, 4) is 11.4 Å². The molecule has 8 nitrogen and oxygen atoms in total. The number of aromatic nitrogens is 1. The molecule has 33 heavy (non-hydrogen) atoms. The minimum Gasteiger partial charge on any atom is -0.497 e. The number of nitrogens with one attached hydrogen (secondary N) is 2. The number of urea groups is 1. The van der Waals surface area contributed by atoms with Gasteiger partial charge in [0.1, 0.15) is 18.0 Å². The van der Waals surface area contributed by atoms with Crippen molar-refractivity contribution >= 4 is 29.6 Å². The highest BCUT2D eigenvalue weighted by Crippen LogP contribution is 2.21. The minimum atomic E-state index is -0.628. The van der Waals surface area contributed by atoms with Gasteiger partial charge < -0.3 is 19.9 Å². The number of methoxy groups -OCH3 is 1. The second kappa shape index (κ2) is 9.04. The Morgan fingerprint density at radius 3 is 2.42 bits per heavy atom. The largest absolute Gasteiger partial charge is 0.497 e. The van der Waals surface area contributed by atoms with Crippen LogP contribution in [0.25, 0.3) is 11.8 Å². The zero-order valence-corrected chi connectivity index (χ0v) is 18.6. The lowest BCUT2D eigenvalue weighted by Gasteiger charge is -2.12. The van der Waals surface area contributed by atoms with E-state index in [-0.39, 0.29) is 12.2 Å². The Labute approximate surface area is 191 Å². The topological polar surface area (TPSA) is 92.7 Å². The van der Waals surface area contributed by atoms with Crippen LogP contribution in [-0.4, -0.2) is 41.0 Å². The molecule has 3 aromatic rings. The molecule has 0 radical (unpaired) electrons. The number of rotatable bonds is 6. The summed E-state index contributed by atoms with van der Waals surface area (Å²) in [6.07, 6.45) is 3.47. The molecule has 0 spiro atoms. The van der Waals surface area contributed by atoms with E-state index in [1.807, 2.05) is 67.1 Å². The maximum Gasteiger partial charge on any atom is 0.329 e. The van der Waals surface area contributed by atoms with Gasteiger partial charge in [-0.15, -0.1) is 0 Å². The summed E-state index contributed by atoms with van der Waals surface area (Å²) in [5.74, 6) is -0.240. The first-order chi connectivity index (χ1) is 15.8. The summed E-state index contributed by atoms with van der Waals surface area (Å²) in [4.78, 5) is 38.3. The van der Waals surface area contributed by atoms with Crippen molar-refractivity contribution in [2.24, 2.45) is 0 Å². The van der Waals surface area contributed by atoms with Crippen LogP contribution in [0.5, 0.6) is 5.75 Å². The molecule has 1 aromatic heterocycles. The monoisotopic (exact) mass is 444 g/mol. The van der Waals surface area contributed by atoms with Crippen molar-refractivity contribution in [1.29, 1.82) is 0 Å². The summed E-state index contributed by atoms with van der Waals surface area (Å²) in [5, 5.41) is 5.25. The van der Waals surface area contributed by atoms with E-state index in [1.165, 1.54) is 0 Å². The van der Waals surface area contributed by atoms with E-state index in [9.17, 15) is 14.4 Å². The number of amides is 4. The molecule has 1 aliphatic heterocycles. The first kappa shape index (κ1) is 21.9. The van der Waals surface area contributed by atoms with Gasteiger partial charge >= 0.3 is 6.03 Å². The fourth-order valence-electron chi connectivity index (χ4n) is 3.56. The van der Waals surface area contributed by atoms with Crippen LogP contribution in [0.1, 0.15) is 16.8 Å². The van der Waals surface area contributed by atoms with Gasteiger partial charge in [-0.25, -0.2) is 9.69 Å². The number of carbonyl (C=O) groups excluding carboxylic acids is 3. The van der Waals surface area contributed by atoms with Gasteiger partial charge in [-0.2, -0.15) is 0 Å². The van der Waals surface area contributed by atoms with E-state index >= 15 is 0 Å². The lowest BCUT2D eigenvalue weighted by molar-refractivity contribution is -0.127. The predicted molar refractivity (Wildman–Crippen MR) is 125 cm³/mol. The SMILES string of the molecule is COc1ccc(-n2cc(/C=C3/NC(=O)N(CC(=O)Nc4ccc(C)cc4)C3=O)cc2C)cc1. The molecule has 1 aliphatic rings. The molecule has 8 heteroatoms. The summed E-state index contributed by atoms with van der Waals surface area (Å²) in [6, 6.07) is 16.1. The van der Waals surface area contributed by atoms with Crippen LogP contribution in [0.4, 0.5) is 10.5 Å². The van der Waals surface area contributed by atoms with Gasteiger partial charge in [0.25, 0.3) is 5.91 Å². The average molecular weight is 444 g/mol. The molecular formula is C25H24N4O4. The van der Waals surface area contributed by atoms with Crippen LogP contribution in [0.3, 0.4) is 0 Å². The number of nitrogens with zero attached hydrogens (tertiary/aromatic N) is 2. The zero-order chi connectivity index (χ0) is 23.5. The Bertz CT molecular complexity index is 1240. The average Bonchev–Trinajstić information content (AvgIpc) is 3.29. The number of aryl methyl sites for hydroxylation is 2.